The molecule has 0 unspecified atom stereocenters. The van der Waals surface area contributed by atoms with Crippen LogP contribution in [0.15, 0.2) is 18.2 Å². The lowest BCUT2D eigenvalue weighted by molar-refractivity contribution is 0.278. The van der Waals surface area contributed by atoms with Crippen molar-refractivity contribution in [2.45, 2.75) is 39.7 Å². The Bertz CT molecular complexity index is 417. The van der Waals surface area contributed by atoms with Gasteiger partial charge in [0.15, 0.2) is 0 Å². The number of anilines is 1. The molecule has 2 N–H and O–H groups in total. The summed E-state index contributed by atoms with van der Waals surface area (Å²) in [6, 6.07) is 5.07. The van der Waals surface area contributed by atoms with Crippen molar-refractivity contribution >= 4 is 5.69 Å². The molecule has 1 aromatic carbocycles. The van der Waals surface area contributed by atoms with Crippen molar-refractivity contribution in [1.82, 2.24) is 0 Å². The molecule has 0 aliphatic carbocycles. The number of benzene rings is 1. The Morgan fingerprint density at radius 2 is 1.89 bits per heavy atom. The molecule has 0 saturated carbocycles. The lowest BCUT2D eigenvalue weighted by Crippen LogP contribution is -2.38. The van der Waals surface area contributed by atoms with E-state index in [1.165, 1.54) is 6.07 Å². The van der Waals surface area contributed by atoms with E-state index in [0.717, 1.165) is 31.5 Å². The summed E-state index contributed by atoms with van der Waals surface area (Å²) in [5, 5.41) is 0. The highest BCUT2D eigenvalue weighted by Crippen LogP contribution is 2.35. The van der Waals surface area contributed by atoms with Gasteiger partial charge in [0.25, 0.3) is 0 Å². The van der Waals surface area contributed by atoms with Crippen LogP contribution in [0.2, 0.25) is 0 Å². The second-order valence-corrected chi connectivity index (χ2v) is 6.12. The zero-order chi connectivity index (χ0) is 13.3. The highest BCUT2D eigenvalue weighted by atomic mass is 19.1. The second-order valence-electron chi connectivity index (χ2n) is 6.12. The Balaban J connectivity index is 2.28. The van der Waals surface area contributed by atoms with E-state index in [1.807, 2.05) is 13.0 Å². The number of hydrogen-bond donors (Lipinski definition) is 1. The van der Waals surface area contributed by atoms with Crippen molar-refractivity contribution in [2.24, 2.45) is 11.1 Å². The van der Waals surface area contributed by atoms with E-state index >= 15 is 0 Å². The first-order valence-corrected chi connectivity index (χ1v) is 6.70. The Labute approximate surface area is 109 Å². The van der Waals surface area contributed by atoms with E-state index in [0.29, 0.717) is 11.1 Å². The molecule has 0 aromatic heterocycles. The first-order valence-electron chi connectivity index (χ1n) is 6.70. The van der Waals surface area contributed by atoms with Gasteiger partial charge in [0.2, 0.25) is 0 Å². The first kappa shape index (κ1) is 13.3. The van der Waals surface area contributed by atoms with Gasteiger partial charge < -0.3 is 10.6 Å². The van der Waals surface area contributed by atoms with Gasteiger partial charge in [-0.25, -0.2) is 4.39 Å². The van der Waals surface area contributed by atoms with Crippen LogP contribution in [0.3, 0.4) is 0 Å². The zero-order valence-corrected chi connectivity index (χ0v) is 11.5. The minimum atomic E-state index is -0.149. The predicted molar refractivity (Wildman–Crippen MR) is 74.2 cm³/mol. The Hall–Kier alpha value is -1.09. The summed E-state index contributed by atoms with van der Waals surface area (Å²) in [7, 11) is 0. The number of nitrogens with two attached hydrogens (primary N) is 1. The summed E-state index contributed by atoms with van der Waals surface area (Å²) >= 11 is 0. The van der Waals surface area contributed by atoms with Crippen LogP contribution in [0.1, 0.15) is 45.2 Å². The lowest BCUT2D eigenvalue weighted by atomic mass is 9.82. The molecule has 1 fully saturated rings. The third-order valence-electron chi connectivity index (χ3n) is 3.94. The average molecular weight is 250 g/mol. The molecular weight excluding hydrogens is 227 g/mol. The van der Waals surface area contributed by atoms with Crippen LogP contribution in [0.5, 0.6) is 0 Å². The minimum absolute atomic E-state index is 0.134. The summed E-state index contributed by atoms with van der Waals surface area (Å²) in [6.45, 7) is 8.28. The minimum Gasteiger partial charge on any atom is -0.369 e. The Morgan fingerprint density at radius 3 is 2.44 bits per heavy atom. The number of piperidine rings is 1. The van der Waals surface area contributed by atoms with Crippen molar-refractivity contribution in [2.75, 3.05) is 18.0 Å². The summed E-state index contributed by atoms with van der Waals surface area (Å²) in [5.74, 6) is -0.149. The largest absolute Gasteiger partial charge is 0.369 e. The van der Waals surface area contributed by atoms with Crippen molar-refractivity contribution in [3.63, 3.8) is 0 Å². The molecule has 2 nitrogen and oxygen atoms in total. The molecular formula is C15H23FN2. The fraction of sp³-hybridized carbons (Fsp3) is 0.600. The van der Waals surface area contributed by atoms with Gasteiger partial charge in [0.05, 0.1) is 5.69 Å². The number of rotatable bonds is 2. The quantitative estimate of drug-likeness (QED) is 0.870. The van der Waals surface area contributed by atoms with Crippen LogP contribution in [0, 0.1) is 11.2 Å². The van der Waals surface area contributed by atoms with Crippen LogP contribution in [-0.4, -0.2) is 13.1 Å². The molecule has 18 heavy (non-hydrogen) atoms. The van der Waals surface area contributed by atoms with Gasteiger partial charge in [-0.3, -0.25) is 0 Å². The summed E-state index contributed by atoms with van der Waals surface area (Å²) in [4.78, 5) is 2.15. The normalized spacial score (nSPS) is 20.8. The van der Waals surface area contributed by atoms with Crippen molar-refractivity contribution in [1.29, 1.82) is 0 Å². The van der Waals surface area contributed by atoms with Gasteiger partial charge in [-0.15, -0.1) is 0 Å². The van der Waals surface area contributed by atoms with Crippen molar-refractivity contribution in [3.05, 3.63) is 29.6 Å². The summed E-state index contributed by atoms with van der Waals surface area (Å²) < 4.78 is 14.1. The lowest BCUT2D eigenvalue weighted by Gasteiger charge is -2.39. The molecule has 1 atom stereocenters. The molecule has 0 radical (unpaired) electrons. The van der Waals surface area contributed by atoms with Gasteiger partial charge in [0, 0.05) is 19.1 Å². The Kier molecular flexibility index (Phi) is 3.62. The molecule has 3 heteroatoms. The van der Waals surface area contributed by atoms with Crippen LogP contribution in [0.25, 0.3) is 0 Å². The van der Waals surface area contributed by atoms with Crippen molar-refractivity contribution < 1.29 is 4.39 Å². The highest BCUT2D eigenvalue weighted by Gasteiger charge is 2.28. The van der Waals surface area contributed by atoms with Gasteiger partial charge in [-0.2, -0.15) is 0 Å². The molecule has 100 valence electrons. The van der Waals surface area contributed by atoms with E-state index in [1.54, 1.807) is 6.07 Å². The maximum atomic E-state index is 14.1. The monoisotopic (exact) mass is 250 g/mol. The molecule has 2 rings (SSSR count). The van der Waals surface area contributed by atoms with E-state index < -0.39 is 0 Å². The van der Waals surface area contributed by atoms with Crippen LogP contribution >= 0.6 is 0 Å². The van der Waals surface area contributed by atoms with Crippen LogP contribution in [0.4, 0.5) is 10.1 Å². The van der Waals surface area contributed by atoms with E-state index in [2.05, 4.69) is 18.7 Å². The molecule has 0 bridgehead atoms. The molecule has 1 saturated heterocycles. The molecule has 1 aromatic rings. The molecule has 0 spiro atoms. The van der Waals surface area contributed by atoms with E-state index in [4.69, 9.17) is 5.73 Å². The van der Waals surface area contributed by atoms with Gasteiger partial charge in [-0.1, -0.05) is 26.0 Å². The van der Waals surface area contributed by atoms with Crippen LogP contribution < -0.4 is 10.6 Å². The maximum Gasteiger partial charge on any atom is 0.146 e. The number of hydrogen-bond acceptors (Lipinski definition) is 2. The Morgan fingerprint density at radius 1 is 1.28 bits per heavy atom. The van der Waals surface area contributed by atoms with Crippen LogP contribution in [-0.2, 0) is 0 Å². The molecule has 1 aliphatic rings. The number of nitrogens with zero attached hydrogens (tertiary/aromatic N) is 1. The average Bonchev–Trinajstić information content (AvgIpc) is 2.29. The summed E-state index contributed by atoms with van der Waals surface area (Å²) in [5.41, 5.74) is 7.94. The van der Waals surface area contributed by atoms with Crippen molar-refractivity contribution in [3.8, 4) is 0 Å². The molecule has 1 aliphatic heterocycles. The summed E-state index contributed by atoms with van der Waals surface area (Å²) in [6.07, 6.45) is 2.19. The molecule has 1 heterocycles. The first-order chi connectivity index (χ1) is 8.41. The number of halogens is 1. The number of para-hydroxylation sites is 1. The predicted octanol–water partition coefficient (Wildman–Crippen LogP) is 3.47. The third-order valence-corrected chi connectivity index (χ3v) is 3.94. The molecule has 0 amide bonds. The van der Waals surface area contributed by atoms with E-state index in [9.17, 15) is 4.39 Å². The van der Waals surface area contributed by atoms with Gasteiger partial charge in [-0.05, 0) is 36.8 Å². The SMILES string of the molecule is C[C@@H](N)c1cccc(F)c1N1CCC(C)(C)CC1. The standard InChI is InChI=1S/C15H23FN2/c1-11(17)12-5-4-6-13(16)14(12)18-9-7-15(2,3)8-10-18/h4-6,11H,7-10,17H2,1-3H3/t11-/m1/s1. The smallest absolute Gasteiger partial charge is 0.146 e. The van der Waals surface area contributed by atoms with Gasteiger partial charge >= 0.3 is 0 Å². The van der Waals surface area contributed by atoms with Gasteiger partial charge in [0.1, 0.15) is 5.82 Å². The second kappa shape index (κ2) is 4.88. The fourth-order valence-electron chi connectivity index (χ4n) is 2.57. The highest BCUT2D eigenvalue weighted by molar-refractivity contribution is 5.56. The van der Waals surface area contributed by atoms with E-state index in [-0.39, 0.29) is 11.9 Å². The maximum absolute atomic E-state index is 14.1. The fourth-order valence-corrected chi connectivity index (χ4v) is 2.57. The third kappa shape index (κ3) is 2.66. The topological polar surface area (TPSA) is 29.3 Å². The zero-order valence-electron chi connectivity index (χ0n) is 11.5.